The van der Waals surface area contributed by atoms with E-state index in [1.165, 1.54) is 21.9 Å². The van der Waals surface area contributed by atoms with Gasteiger partial charge in [-0.1, -0.05) is 31.4 Å². The lowest BCUT2D eigenvalue weighted by Gasteiger charge is -2.28. The molecule has 2 aliphatic carbocycles. The van der Waals surface area contributed by atoms with Gasteiger partial charge in [-0.15, -0.1) is 11.3 Å². The van der Waals surface area contributed by atoms with Crippen LogP contribution in [0.25, 0.3) is 10.4 Å². The smallest absolute Gasteiger partial charge is 0.224 e. The van der Waals surface area contributed by atoms with Gasteiger partial charge in [0.1, 0.15) is 5.54 Å². The van der Waals surface area contributed by atoms with Crippen molar-refractivity contribution in [3.05, 3.63) is 35.5 Å². The van der Waals surface area contributed by atoms with Crippen LogP contribution < -0.4 is 10.2 Å². The third kappa shape index (κ3) is 7.59. The average Bonchev–Trinajstić information content (AvgIpc) is 3.30. The fourth-order valence-electron chi connectivity index (χ4n) is 5.43. The first-order valence-corrected chi connectivity index (χ1v) is 16.8. The minimum absolute atomic E-state index is 0. The fourth-order valence-corrected chi connectivity index (χ4v) is 7.67. The Morgan fingerprint density at radius 2 is 1.87 bits per heavy atom. The van der Waals surface area contributed by atoms with Crippen molar-refractivity contribution in [1.82, 2.24) is 10.3 Å². The summed E-state index contributed by atoms with van der Waals surface area (Å²) in [4.78, 5) is 19.6. The third-order valence-corrected chi connectivity index (χ3v) is 10.9. The molecule has 39 heavy (non-hydrogen) atoms. The van der Waals surface area contributed by atoms with Crippen molar-refractivity contribution in [2.75, 3.05) is 42.7 Å². The van der Waals surface area contributed by atoms with Gasteiger partial charge in [-0.3, -0.25) is 4.79 Å². The first-order valence-electron chi connectivity index (χ1n) is 14.2. The molecule has 3 heterocycles. The van der Waals surface area contributed by atoms with Crippen LogP contribution in [0.15, 0.2) is 30.5 Å². The Morgan fingerprint density at radius 1 is 1.15 bits per heavy atom. The molecule has 2 aromatic rings. The van der Waals surface area contributed by atoms with Crippen molar-refractivity contribution >= 4 is 32.8 Å². The lowest BCUT2D eigenvalue weighted by molar-refractivity contribution is -0.126. The molecular weight excluding hydrogens is 532 g/mol. The van der Waals surface area contributed by atoms with Gasteiger partial charge >= 0.3 is 0 Å². The number of aromatic nitrogens is 1. The van der Waals surface area contributed by atoms with Gasteiger partial charge in [-0.05, 0) is 55.7 Å². The maximum atomic E-state index is 11.8. The van der Waals surface area contributed by atoms with Gasteiger partial charge in [-0.25, -0.2) is 13.4 Å². The predicted molar refractivity (Wildman–Crippen MR) is 155 cm³/mol. The van der Waals surface area contributed by atoms with Crippen LogP contribution in [0.2, 0.25) is 0 Å². The van der Waals surface area contributed by atoms with E-state index in [4.69, 9.17) is 10.00 Å². The zero-order chi connectivity index (χ0) is 27.3. The topological polar surface area (TPSA) is 112 Å². The SMILES string of the molecule is N#CC1(NC(=O)C2CCCCC2)CC1.O=S1(=O)CCN(c2ccc(-c3cnc(CC4CCOC4)s3)cc2)CC1.[HH]. The molecule has 1 unspecified atom stereocenters. The monoisotopic (exact) mass is 572 g/mol. The number of ether oxygens (including phenoxy) is 1. The van der Waals surface area contributed by atoms with Crippen LogP contribution in [0.5, 0.6) is 0 Å². The molecule has 1 atom stereocenters. The number of thiazole rings is 1. The van der Waals surface area contributed by atoms with E-state index in [-0.39, 0.29) is 24.8 Å². The summed E-state index contributed by atoms with van der Waals surface area (Å²) in [5, 5.41) is 12.9. The van der Waals surface area contributed by atoms with E-state index in [2.05, 4.69) is 45.5 Å². The second-order valence-electron chi connectivity index (χ2n) is 11.3. The van der Waals surface area contributed by atoms with Gasteiger partial charge in [-0.2, -0.15) is 5.26 Å². The Kier molecular flexibility index (Phi) is 8.89. The highest BCUT2D eigenvalue weighted by Gasteiger charge is 2.45. The van der Waals surface area contributed by atoms with Gasteiger partial charge in [0.2, 0.25) is 5.91 Å². The molecule has 10 heteroatoms. The number of hydrogen-bond acceptors (Lipinski definition) is 8. The third-order valence-electron chi connectivity index (χ3n) is 8.20. The molecule has 1 aromatic heterocycles. The molecule has 1 amide bonds. The number of benzene rings is 1. The maximum Gasteiger partial charge on any atom is 0.224 e. The van der Waals surface area contributed by atoms with E-state index in [0.717, 1.165) is 70.3 Å². The summed E-state index contributed by atoms with van der Waals surface area (Å²) in [7, 11) is -2.84. The number of sulfone groups is 1. The zero-order valence-corrected chi connectivity index (χ0v) is 24.1. The largest absolute Gasteiger partial charge is 0.381 e. The summed E-state index contributed by atoms with van der Waals surface area (Å²) >= 11 is 1.75. The molecule has 2 aliphatic heterocycles. The highest BCUT2D eigenvalue weighted by molar-refractivity contribution is 7.91. The number of anilines is 1. The molecule has 4 aliphatic rings. The van der Waals surface area contributed by atoms with Crippen LogP contribution in [-0.2, 0) is 25.8 Å². The first-order chi connectivity index (χ1) is 18.8. The quantitative estimate of drug-likeness (QED) is 0.538. The molecular formula is C29H40N4O4S2. The minimum Gasteiger partial charge on any atom is -0.381 e. The molecule has 212 valence electrons. The minimum atomic E-state index is -2.84. The Labute approximate surface area is 237 Å². The van der Waals surface area contributed by atoms with Crippen LogP contribution in [-0.4, -0.2) is 62.7 Å². The summed E-state index contributed by atoms with van der Waals surface area (Å²) in [6.07, 6.45) is 11.4. The standard InChI is InChI=1S/C18H22N2O3S2.C11H16N2O.H2/c21-25(22)9-6-20(7-10-25)16-3-1-15(2-4-16)17-12-19-18(24-17)11-14-5-8-23-13-14;12-8-11(6-7-11)13-10(14)9-4-2-1-3-5-9;/h1-4,12,14H,5-11,13H2;9H,1-7H2,(H,13,14);1H. The Morgan fingerprint density at radius 3 is 2.49 bits per heavy atom. The van der Waals surface area contributed by atoms with Crippen molar-refractivity contribution in [2.45, 2.75) is 63.3 Å². The number of carbonyl (C=O) groups excluding carboxylic acids is 1. The molecule has 1 N–H and O–H groups in total. The molecule has 0 radical (unpaired) electrons. The molecule has 0 spiro atoms. The van der Waals surface area contributed by atoms with E-state index in [1.807, 2.05) is 6.20 Å². The van der Waals surface area contributed by atoms with Gasteiger partial charge in [0.15, 0.2) is 9.84 Å². The van der Waals surface area contributed by atoms with Crippen LogP contribution >= 0.6 is 11.3 Å². The summed E-state index contributed by atoms with van der Waals surface area (Å²) in [5.41, 5.74) is 1.78. The summed E-state index contributed by atoms with van der Waals surface area (Å²) in [6.45, 7) is 2.89. The number of rotatable bonds is 6. The normalized spacial score (nSPS) is 23.8. The van der Waals surface area contributed by atoms with Gasteiger partial charge in [0.25, 0.3) is 0 Å². The lowest BCUT2D eigenvalue weighted by Crippen LogP contribution is -2.40. The van der Waals surface area contributed by atoms with Crippen molar-refractivity contribution in [1.29, 1.82) is 5.26 Å². The number of carbonyl (C=O) groups is 1. The van der Waals surface area contributed by atoms with Crippen LogP contribution in [0.3, 0.4) is 0 Å². The van der Waals surface area contributed by atoms with E-state index in [9.17, 15) is 13.2 Å². The molecule has 6 rings (SSSR count). The molecule has 1 aromatic carbocycles. The second-order valence-corrected chi connectivity index (χ2v) is 14.7. The number of nitrogens with one attached hydrogen (secondary N) is 1. The number of hydrogen-bond donors (Lipinski definition) is 1. The Hall–Kier alpha value is -2.48. The lowest BCUT2D eigenvalue weighted by atomic mass is 9.88. The summed E-state index contributed by atoms with van der Waals surface area (Å²) in [5.74, 6) is 1.39. The van der Waals surface area contributed by atoms with Gasteiger partial charge < -0.3 is 15.0 Å². The van der Waals surface area contributed by atoms with E-state index >= 15 is 0 Å². The predicted octanol–water partition coefficient (Wildman–Crippen LogP) is 4.61. The fraction of sp³-hybridized carbons (Fsp3) is 0.621. The van der Waals surface area contributed by atoms with Crippen molar-refractivity contribution in [2.24, 2.45) is 11.8 Å². The van der Waals surface area contributed by atoms with Gasteiger partial charge in [0.05, 0.1) is 27.5 Å². The molecule has 0 bridgehead atoms. The highest BCUT2D eigenvalue weighted by Crippen LogP contribution is 2.35. The first kappa shape index (κ1) is 28.1. The van der Waals surface area contributed by atoms with Crippen molar-refractivity contribution in [3.8, 4) is 16.5 Å². The number of amides is 1. The van der Waals surface area contributed by atoms with E-state index in [0.29, 0.717) is 19.0 Å². The van der Waals surface area contributed by atoms with Crippen LogP contribution in [0, 0.1) is 23.2 Å². The van der Waals surface area contributed by atoms with E-state index in [1.54, 1.807) is 11.3 Å². The zero-order valence-electron chi connectivity index (χ0n) is 22.4. The second kappa shape index (κ2) is 12.4. The molecule has 2 saturated carbocycles. The van der Waals surface area contributed by atoms with Crippen molar-refractivity contribution < 1.29 is 19.4 Å². The Bertz CT molecular complexity index is 1260. The number of nitrogens with zero attached hydrogens (tertiary/aromatic N) is 3. The maximum absolute atomic E-state index is 11.8. The Balaban J connectivity index is 0.000000210. The van der Waals surface area contributed by atoms with Gasteiger partial charge in [0, 0.05) is 52.0 Å². The van der Waals surface area contributed by atoms with Crippen LogP contribution in [0.1, 0.15) is 57.8 Å². The molecule has 2 saturated heterocycles. The van der Waals surface area contributed by atoms with Crippen LogP contribution in [0.4, 0.5) is 5.69 Å². The average molecular weight is 573 g/mol. The number of nitriles is 1. The molecule has 8 nitrogen and oxygen atoms in total. The van der Waals surface area contributed by atoms with E-state index < -0.39 is 15.4 Å². The summed E-state index contributed by atoms with van der Waals surface area (Å²) < 4.78 is 28.5. The summed E-state index contributed by atoms with van der Waals surface area (Å²) in [6, 6.07) is 10.6. The van der Waals surface area contributed by atoms with Crippen molar-refractivity contribution in [3.63, 3.8) is 0 Å². The highest BCUT2D eigenvalue weighted by atomic mass is 32.2. The molecule has 4 fully saturated rings.